The first-order chi connectivity index (χ1) is 8.08. The van der Waals surface area contributed by atoms with E-state index in [1.807, 2.05) is 37.4 Å². The second-order valence-corrected chi connectivity index (χ2v) is 5.50. The summed E-state index contributed by atoms with van der Waals surface area (Å²) in [7, 11) is 0. The molecule has 2 aromatic rings. The highest BCUT2D eigenvalue weighted by Crippen LogP contribution is 2.25. The molecule has 0 amide bonds. The molecule has 1 heterocycles. The van der Waals surface area contributed by atoms with Crippen LogP contribution in [0.25, 0.3) is 0 Å². The normalized spacial score (nSPS) is 12.7. The SMILES string of the molecule is Cc1csc(CC(N)c2cccc(Cl)c2C)n1. The molecule has 0 spiro atoms. The number of hydrogen-bond acceptors (Lipinski definition) is 3. The molecule has 2 N–H and O–H groups in total. The van der Waals surface area contributed by atoms with Crippen LogP contribution in [0.2, 0.25) is 5.02 Å². The third-order valence-corrected chi connectivity index (χ3v) is 4.17. The molecule has 1 aromatic heterocycles. The van der Waals surface area contributed by atoms with Crippen LogP contribution in [0.15, 0.2) is 23.6 Å². The first kappa shape index (κ1) is 12.6. The van der Waals surface area contributed by atoms with Gasteiger partial charge in [0.15, 0.2) is 0 Å². The maximum absolute atomic E-state index is 6.21. The van der Waals surface area contributed by atoms with Crippen LogP contribution in [0.3, 0.4) is 0 Å². The van der Waals surface area contributed by atoms with Gasteiger partial charge >= 0.3 is 0 Å². The maximum atomic E-state index is 6.21. The van der Waals surface area contributed by atoms with Gasteiger partial charge in [0.25, 0.3) is 0 Å². The lowest BCUT2D eigenvalue weighted by molar-refractivity contribution is 0.712. The molecule has 0 aliphatic carbocycles. The fourth-order valence-corrected chi connectivity index (χ4v) is 2.83. The Hall–Kier alpha value is -0.900. The molecule has 4 heteroatoms. The van der Waals surface area contributed by atoms with Gasteiger partial charge in [-0.05, 0) is 31.0 Å². The zero-order valence-electron chi connectivity index (χ0n) is 9.90. The first-order valence-corrected chi connectivity index (χ1v) is 6.75. The molecular weight excluding hydrogens is 252 g/mol. The van der Waals surface area contributed by atoms with Gasteiger partial charge in [-0.1, -0.05) is 23.7 Å². The molecule has 2 rings (SSSR count). The van der Waals surface area contributed by atoms with E-state index in [-0.39, 0.29) is 6.04 Å². The zero-order valence-corrected chi connectivity index (χ0v) is 11.5. The Kier molecular flexibility index (Phi) is 3.82. The number of nitrogens with zero attached hydrogens (tertiary/aromatic N) is 1. The number of thiazole rings is 1. The Morgan fingerprint density at radius 3 is 2.82 bits per heavy atom. The van der Waals surface area contributed by atoms with Crippen LogP contribution in [0.1, 0.15) is 27.9 Å². The van der Waals surface area contributed by atoms with Crippen molar-refractivity contribution in [2.45, 2.75) is 26.3 Å². The Balaban J connectivity index is 2.20. The lowest BCUT2D eigenvalue weighted by Crippen LogP contribution is -2.14. The fraction of sp³-hybridized carbons (Fsp3) is 0.308. The summed E-state index contributed by atoms with van der Waals surface area (Å²) >= 11 is 7.75. The number of halogens is 1. The van der Waals surface area contributed by atoms with E-state index in [1.54, 1.807) is 11.3 Å². The summed E-state index contributed by atoms with van der Waals surface area (Å²) in [5.41, 5.74) is 9.44. The van der Waals surface area contributed by atoms with Gasteiger partial charge in [0.2, 0.25) is 0 Å². The van der Waals surface area contributed by atoms with Crippen molar-refractivity contribution < 1.29 is 0 Å². The lowest BCUT2D eigenvalue weighted by atomic mass is 10.00. The summed E-state index contributed by atoms with van der Waals surface area (Å²) in [4.78, 5) is 4.43. The quantitative estimate of drug-likeness (QED) is 0.921. The first-order valence-electron chi connectivity index (χ1n) is 5.49. The Labute approximate surface area is 110 Å². The van der Waals surface area contributed by atoms with Crippen molar-refractivity contribution >= 4 is 22.9 Å². The van der Waals surface area contributed by atoms with E-state index in [0.717, 1.165) is 33.3 Å². The highest BCUT2D eigenvalue weighted by atomic mass is 35.5. The van der Waals surface area contributed by atoms with Gasteiger partial charge in [-0.25, -0.2) is 4.98 Å². The molecule has 0 fully saturated rings. The molecule has 2 nitrogen and oxygen atoms in total. The van der Waals surface area contributed by atoms with E-state index in [2.05, 4.69) is 4.98 Å². The molecule has 17 heavy (non-hydrogen) atoms. The molecule has 1 atom stereocenters. The van der Waals surface area contributed by atoms with E-state index in [4.69, 9.17) is 17.3 Å². The van der Waals surface area contributed by atoms with Gasteiger partial charge < -0.3 is 5.73 Å². The van der Waals surface area contributed by atoms with E-state index in [1.165, 1.54) is 0 Å². The van der Waals surface area contributed by atoms with E-state index >= 15 is 0 Å². The topological polar surface area (TPSA) is 38.9 Å². The molecule has 0 bridgehead atoms. The average Bonchev–Trinajstić information content (AvgIpc) is 2.68. The van der Waals surface area contributed by atoms with Crippen LogP contribution >= 0.6 is 22.9 Å². The van der Waals surface area contributed by atoms with Crippen LogP contribution in [0.5, 0.6) is 0 Å². The molecule has 0 saturated carbocycles. The van der Waals surface area contributed by atoms with E-state index < -0.39 is 0 Å². The van der Waals surface area contributed by atoms with Crippen molar-refractivity contribution in [1.29, 1.82) is 0 Å². The Morgan fingerprint density at radius 1 is 1.41 bits per heavy atom. The maximum Gasteiger partial charge on any atom is 0.0947 e. The van der Waals surface area contributed by atoms with Gasteiger partial charge in [0, 0.05) is 28.6 Å². The molecule has 0 saturated heterocycles. The van der Waals surface area contributed by atoms with Crippen LogP contribution in [-0.4, -0.2) is 4.98 Å². The fourth-order valence-electron chi connectivity index (χ4n) is 1.82. The number of aromatic nitrogens is 1. The van der Waals surface area contributed by atoms with Crippen molar-refractivity contribution in [2.75, 3.05) is 0 Å². The largest absolute Gasteiger partial charge is 0.324 e. The second kappa shape index (κ2) is 5.17. The summed E-state index contributed by atoms with van der Waals surface area (Å²) in [6.45, 7) is 4.00. The number of hydrogen-bond donors (Lipinski definition) is 1. The third-order valence-electron chi connectivity index (χ3n) is 2.77. The minimum Gasteiger partial charge on any atom is -0.324 e. The summed E-state index contributed by atoms with van der Waals surface area (Å²) in [5, 5.41) is 3.90. The Morgan fingerprint density at radius 2 is 2.18 bits per heavy atom. The molecule has 1 unspecified atom stereocenters. The molecule has 1 aromatic carbocycles. The summed E-state index contributed by atoms with van der Waals surface area (Å²) < 4.78 is 0. The minimum absolute atomic E-state index is 0.0424. The number of benzene rings is 1. The van der Waals surface area contributed by atoms with Gasteiger partial charge in [-0.15, -0.1) is 11.3 Å². The minimum atomic E-state index is -0.0424. The number of nitrogens with two attached hydrogens (primary N) is 1. The predicted molar refractivity (Wildman–Crippen MR) is 73.7 cm³/mol. The van der Waals surface area contributed by atoms with Gasteiger partial charge in [-0.3, -0.25) is 0 Å². The van der Waals surface area contributed by atoms with Crippen molar-refractivity contribution in [3.63, 3.8) is 0 Å². The van der Waals surface area contributed by atoms with Crippen molar-refractivity contribution in [3.05, 3.63) is 50.4 Å². The standard InChI is InChI=1S/C13H15ClN2S/c1-8-7-17-13(16-8)6-12(15)10-4-3-5-11(14)9(10)2/h3-5,7,12H,6,15H2,1-2H3. The van der Waals surface area contributed by atoms with Crippen molar-refractivity contribution in [1.82, 2.24) is 4.98 Å². The molecule has 90 valence electrons. The van der Waals surface area contributed by atoms with Crippen LogP contribution < -0.4 is 5.73 Å². The monoisotopic (exact) mass is 266 g/mol. The molecular formula is C13H15ClN2S. The smallest absolute Gasteiger partial charge is 0.0947 e. The van der Waals surface area contributed by atoms with Gasteiger partial charge in [0.1, 0.15) is 0 Å². The number of rotatable bonds is 3. The van der Waals surface area contributed by atoms with Crippen LogP contribution in [0.4, 0.5) is 0 Å². The second-order valence-electron chi connectivity index (χ2n) is 4.15. The molecule has 0 aliphatic heterocycles. The van der Waals surface area contributed by atoms with Gasteiger partial charge in [0.05, 0.1) is 5.01 Å². The summed E-state index contributed by atoms with van der Waals surface area (Å²) in [5.74, 6) is 0. The lowest BCUT2D eigenvalue weighted by Gasteiger charge is -2.14. The highest BCUT2D eigenvalue weighted by molar-refractivity contribution is 7.09. The van der Waals surface area contributed by atoms with E-state index in [9.17, 15) is 0 Å². The van der Waals surface area contributed by atoms with Crippen molar-refractivity contribution in [2.24, 2.45) is 5.73 Å². The predicted octanol–water partition coefficient (Wildman–Crippen LogP) is 3.66. The van der Waals surface area contributed by atoms with E-state index in [0.29, 0.717) is 0 Å². The Bertz CT molecular complexity index is 522. The van der Waals surface area contributed by atoms with Crippen molar-refractivity contribution in [3.8, 4) is 0 Å². The van der Waals surface area contributed by atoms with Crippen LogP contribution in [-0.2, 0) is 6.42 Å². The molecule has 0 aliphatic rings. The average molecular weight is 267 g/mol. The third kappa shape index (κ3) is 2.86. The summed E-state index contributed by atoms with van der Waals surface area (Å²) in [6, 6.07) is 5.82. The molecule has 0 radical (unpaired) electrons. The van der Waals surface area contributed by atoms with Crippen LogP contribution in [0, 0.1) is 13.8 Å². The van der Waals surface area contributed by atoms with Gasteiger partial charge in [-0.2, -0.15) is 0 Å². The highest BCUT2D eigenvalue weighted by Gasteiger charge is 2.13. The zero-order chi connectivity index (χ0) is 12.4. The number of aryl methyl sites for hydroxylation is 1. The summed E-state index contributed by atoms with van der Waals surface area (Å²) in [6.07, 6.45) is 0.764.